The summed E-state index contributed by atoms with van der Waals surface area (Å²) < 4.78 is 0.564. The lowest BCUT2D eigenvalue weighted by Crippen LogP contribution is -2.35. The fourth-order valence-electron chi connectivity index (χ4n) is 1.76. The van der Waals surface area contributed by atoms with E-state index >= 15 is 0 Å². The van der Waals surface area contributed by atoms with Crippen molar-refractivity contribution in [1.29, 1.82) is 0 Å². The van der Waals surface area contributed by atoms with Crippen LogP contribution in [0.25, 0.3) is 0 Å². The van der Waals surface area contributed by atoms with Gasteiger partial charge < -0.3 is 15.1 Å². The molecule has 0 unspecified atom stereocenters. The summed E-state index contributed by atoms with van der Waals surface area (Å²) in [7, 11) is 0. The van der Waals surface area contributed by atoms with Crippen molar-refractivity contribution in [2.75, 3.05) is 13.2 Å². The number of hydrogen-bond acceptors (Lipinski definition) is 3. The summed E-state index contributed by atoms with van der Waals surface area (Å²) in [5, 5.41) is 18.5. The second-order valence-electron chi connectivity index (χ2n) is 4.12. The van der Waals surface area contributed by atoms with E-state index in [-0.39, 0.29) is 24.3 Å². The molecule has 0 aliphatic heterocycles. The number of aromatic hydroxyl groups is 1. The van der Waals surface area contributed by atoms with Crippen LogP contribution in [0, 0.1) is 0 Å². The molecule has 0 bridgehead atoms. The number of phenolic OH excluding ortho intramolecular Hbond substituents is 1. The lowest BCUT2D eigenvalue weighted by Gasteiger charge is -2.21. The van der Waals surface area contributed by atoms with Crippen molar-refractivity contribution >= 4 is 21.8 Å². The van der Waals surface area contributed by atoms with Crippen molar-refractivity contribution in [2.24, 2.45) is 0 Å². The van der Waals surface area contributed by atoms with Crippen LogP contribution in [0.3, 0.4) is 0 Å². The molecule has 1 aromatic rings. The number of halogens is 1. The molecule has 1 aliphatic rings. The summed E-state index contributed by atoms with van der Waals surface area (Å²) in [5.41, 5.74) is 0.450. The minimum Gasteiger partial charge on any atom is -0.507 e. The van der Waals surface area contributed by atoms with Gasteiger partial charge in [0.15, 0.2) is 0 Å². The number of nitrogens with zero attached hydrogens (tertiary/aromatic N) is 1. The zero-order valence-corrected chi connectivity index (χ0v) is 10.9. The Bertz CT molecular complexity index is 432. The highest BCUT2D eigenvalue weighted by atomic mass is 79.9. The number of hydrogen-bond donors (Lipinski definition) is 2. The van der Waals surface area contributed by atoms with Gasteiger partial charge in [0.05, 0.1) is 11.1 Å². The molecule has 0 saturated heterocycles. The van der Waals surface area contributed by atoms with Crippen LogP contribution in [0.15, 0.2) is 22.7 Å². The van der Waals surface area contributed by atoms with E-state index in [9.17, 15) is 9.90 Å². The van der Waals surface area contributed by atoms with Crippen molar-refractivity contribution in [1.82, 2.24) is 4.90 Å². The molecule has 0 aromatic heterocycles. The fourth-order valence-corrected chi connectivity index (χ4v) is 2.00. The third-order valence-corrected chi connectivity index (χ3v) is 3.45. The molecule has 5 heteroatoms. The van der Waals surface area contributed by atoms with Gasteiger partial charge in [-0.2, -0.15) is 0 Å². The van der Waals surface area contributed by atoms with Crippen LogP contribution in [0.5, 0.6) is 5.75 Å². The molecule has 1 amide bonds. The molecular formula is C12H14BrNO3. The van der Waals surface area contributed by atoms with E-state index in [0.29, 0.717) is 16.6 Å². The predicted molar refractivity (Wildman–Crippen MR) is 67.0 cm³/mol. The highest BCUT2D eigenvalue weighted by Crippen LogP contribution is 2.30. The maximum absolute atomic E-state index is 12.2. The van der Waals surface area contributed by atoms with Crippen LogP contribution in [-0.4, -0.2) is 40.2 Å². The van der Waals surface area contributed by atoms with E-state index in [4.69, 9.17) is 5.11 Å². The molecule has 1 saturated carbocycles. The highest BCUT2D eigenvalue weighted by molar-refractivity contribution is 9.10. The number of aliphatic hydroxyl groups excluding tert-OH is 1. The van der Waals surface area contributed by atoms with Gasteiger partial charge in [0.1, 0.15) is 5.75 Å². The average molecular weight is 300 g/mol. The number of phenols is 1. The smallest absolute Gasteiger partial charge is 0.254 e. The summed E-state index contributed by atoms with van der Waals surface area (Å²) >= 11 is 3.17. The zero-order chi connectivity index (χ0) is 12.4. The first-order chi connectivity index (χ1) is 8.13. The Kier molecular flexibility index (Phi) is 3.69. The Labute approximate surface area is 108 Å². The van der Waals surface area contributed by atoms with Crippen molar-refractivity contribution in [2.45, 2.75) is 18.9 Å². The maximum Gasteiger partial charge on any atom is 0.254 e. The molecule has 0 radical (unpaired) electrons. The van der Waals surface area contributed by atoms with Crippen LogP contribution in [0.4, 0.5) is 0 Å². The highest BCUT2D eigenvalue weighted by Gasteiger charge is 2.32. The van der Waals surface area contributed by atoms with Crippen LogP contribution in [0.2, 0.25) is 0 Å². The Morgan fingerprint density at radius 2 is 2.18 bits per heavy atom. The SMILES string of the molecule is O=C(c1ccc(Br)c(O)c1)N(CCO)C1CC1. The third kappa shape index (κ3) is 2.79. The topological polar surface area (TPSA) is 60.8 Å². The lowest BCUT2D eigenvalue weighted by atomic mass is 10.2. The molecule has 2 rings (SSSR count). The van der Waals surface area contributed by atoms with Gasteiger partial charge in [-0.25, -0.2) is 0 Å². The zero-order valence-electron chi connectivity index (χ0n) is 9.27. The molecule has 4 nitrogen and oxygen atoms in total. The lowest BCUT2D eigenvalue weighted by molar-refractivity contribution is 0.0707. The van der Waals surface area contributed by atoms with Crippen molar-refractivity contribution in [3.63, 3.8) is 0 Å². The second-order valence-corrected chi connectivity index (χ2v) is 4.97. The second kappa shape index (κ2) is 5.06. The summed E-state index contributed by atoms with van der Waals surface area (Å²) in [6, 6.07) is 5.01. The number of carbonyl (C=O) groups excluding carboxylic acids is 1. The Morgan fingerprint density at radius 1 is 1.47 bits per heavy atom. The Balaban J connectivity index is 2.19. The van der Waals surface area contributed by atoms with E-state index in [1.165, 1.54) is 6.07 Å². The number of benzene rings is 1. The standard InChI is InChI=1S/C12H14BrNO3/c13-10-4-1-8(7-11(10)16)12(17)14(5-6-15)9-2-3-9/h1,4,7,9,15-16H,2-3,5-6H2. The van der Waals surface area contributed by atoms with Gasteiger partial charge in [-0.05, 0) is 47.0 Å². The van der Waals surface area contributed by atoms with Crippen LogP contribution in [-0.2, 0) is 0 Å². The Hall–Kier alpha value is -1.07. The molecule has 2 N–H and O–H groups in total. The van der Waals surface area contributed by atoms with E-state index < -0.39 is 0 Å². The van der Waals surface area contributed by atoms with E-state index in [0.717, 1.165) is 12.8 Å². The van der Waals surface area contributed by atoms with E-state index in [2.05, 4.69) is 15.9 Å². The molecule has 1 fully saturated rings. The first-order valence-electron chi connectivity index (χ1n) is 5.54. The molecule has 1 aliphatic carbocycles. The monoisotopic (exact) mass is 299 g/mol. The molecule has 0 atom stereocenters. The van der Waals surface area contributed by atoms with Gasteiger partial charge in [-0.3, -0.25) is 4.79 Å². The molecular weight excluding hydrogens is 286 g/mol. The fraction of sp³-hybridized carbons (Fsp3) is 0.417. The van der Waals surface area contributed by atoms with E-state index in [1.807, 2.05) is 0 Å². The van der Waals surface area contributed by atoms with Crippen LogP contribution in [0.1, 0.15) is 23.2 Å². The quantitative estimate of drug-likeness (QED) is 0.890. The summed E-state index contributed by atoms with van der Waals surface area (Å²) in [6.07, 6.45) is 1.99. The van der Waals surface area contributed by atoms with Gasteiger partial charge >= 0.3 is 0 Å². The van der Waals surface area contributed by atoms with E-state index in [1.54, 1.807) is 17.0 Å². The number of carbonyl (C=O) groups is 1. The van der Waals surface area contributed by atoms with Crippen LogP contribution < -0.4 is 0 Å². The average Bonchev–Trinajstić information content (AvgIpc) is 3.13. The van der Waals surface area contributed by atoms with Gasteiger partial charge in [0, 0.05) is 18.2 Å². The van der Waals surface area contributed by atoms with Crippen molar-refractivity contribution < 1.29 is 15.0 Å². The van der Waals surface area contributed by atoms with Gasteiger partial charge in [0.2, 0.25) is 0 Å². The number of amides is 1. The summed E-state index contributed by atoms with van der Waals surface area (Å²) in [5.74, 6) is -0.0834. The molecule has 0 heterocycles. The molecule has 17 heavy (non-hydrogen) atoms. The summed E-state index contributed by atoms with van der Waals surface area (Å²) in [4.78, 5) is 13.8. The number of aliphatic hydroxyl groups is 1. The van der Waals surface area contributed by atoms with Crippen molar-refractivity contribution in [3.05, 3.63) is 28.2 Å². The predicted octanol–water partition coefficient (Wildman–Crippen LogP) is 1.75. The Morgan fingerprint density at radius 3 is 2.71 bits per heavy atom. The van der Waals surface area contributed by atoms with Gasteiger partial charge in [0.25, 0.3) is 5.91 Å². The normalized spacial score (nSPS) is 14.7. The first kappa shape index (κ1) is 12.4. The van der Waals surface area contributed by atoms with Crippen LogP contribution >= 0.6 is 15.9 Å². The molecule has 92 valence electrons. The minimum absolute atomic E-state index is 0.0370. The molecule has 1 aromatic carbocycles. The molecule has 0 spiro atoms. The van der Waals surface area contributed by atoms with Gasteiger partial charge in [-0.1, -0.05) is 0 Å². The van der Waals surface area contributed by atoms with Crippen molar-refractivity contribution in [3.8, 4) is 5.75 Å². The maximum atomic E-state index is 12.2. The third-order valence-electron chi connectivity index (χ3n) is 2.78. The summed E-state index contributed by atoms with van der Waals surface area (Å²) in [6.45, 7) is 0.311. The first-order valence-corrected chi connectivity index (χ1v) is 6.33. The largest absolute Gasteiger partial charge is 0.507 e. The number of rotatable bonds is 4. The van der Waals surface area contributed by atoms with Gasteiger partial charge in [-0.15, -0.1) is 0 Å². The minimum atomic E-state index is -0.135.